The maximum absolute atomic E-state index is 12.8. The Morgan fingerprint density at radius 1 is 1.46 bits per heavy atom. The summed E-state index contributed by atoms with van der Waals surface area (Å²) in [6.45, 7) is 2.99. The van der Waals surface area contributed by atoms with Crippen molar-refractivity contribution in [3.8, 4) is 0 Å². The maximum Gasteiger partial charge on any atom is 0.317 e. The molecule has 1 heterocycles. The Labute approximate surface area is 153 Å². The van der Waals surface area contributed by atoms with Gasteiger partial charge in [-0.05, 0) is 49.9 Å². The Bertz CT molecular complexity index is 682. The van der Waals surface area contributed by atoms with Gasteiger partial charge in [0.15, 0.2) is 0 Å². The molecule has 1 unspecified atom stereocenters. The van der Waals surface area contributed by atoms with Gasteiger partial charge in [-0.15, -0.1) is 12.4 Å². The van der Waals surface area contributed by atoms with E-state index in [-0.39, 0.29) is 29.8 Å². The third-order valence-corrected chi connectivity index (χ3v) is 6.20. The molecular formula is C15H22Cl2N2O4S. The fourth-order valence-corrected chi connectivity index (χ4v) is 4.83. The normalized spacial score (nSPS) is 18.8. The number of piperidine rings is 1. The van der Waals surface area contributed by atoms with Crippen LogP contribution in [0.25, 0.3) is 0 Å². The third-order valence-electron chi connectivity index (χ3n) is 3.96. The first kappa shape index (κ1) is 21.2. The third kappa shape index (κ3) is 5.32. The summed E-state index contributed by atoms with van der Waals surface area (Å²) in [5.74, 6) is -0.808. The predicted octanol–water partition coefficient (Wildman–Crippen LogP) is 2.15. The zero-order valence-electron chi connectivity index (χ0n) is 13.4. The van der Waals surface area contributed by atoms with E-state index in [2.05, 4.69) is 5.32 Å². The van der Waals surface area contributed by atoms with Crippen LogP contribution >= 0.6 is 24.0 Å². The molecule has 1 fully saturated rings. The van der Waals surface area contributed by atoms with Gasteiger partial charge in [-0.2, -0.15) is 4.31 Å². The van der Waals surface area contributed by atoms with Crippen molar-refractivity contribution in [2.24, 2.45) is 5.92 Å². The van der Waals surface area contributed by atoms with Gasteiger partial charge >= 0.3 is 5.97 Å². The summed E-state index contributed by atoms with van der Waals surface area (Å²) < 4.78 is 27.2. The highest BCUT2D eigenvalue weighted by atomic mass is 35.5. The Kier molecular flexibility index (Phi) is 7.95. The van der Waals surface area contributed by atoms with E-state index in [4.69, 9.17) is 16.7 Å². The smallest absolute Gasteiger partial charge is 0.317 e. The number of nitrogens with one attached hydrogen (secondary N) is 1. The summed E-state index contributed by atoms with van der Waals surface area (Å²) in [7, 11) is -3.58. The molecule has 136 valence electrons. The number of hydrogen-bond acceptors (Lipinski definition) is 4. The number of carboxylic acid groups (broad SMARTS) is 1. The lowest BCUT2D eigenvalue weighted by atomic mass is 10.00. The largest absolute Gasteiger partial charge is 0.480 e. The maximum atomic E-state index is 12.8. The van der Waals surface area contributed by atoms with Crippen LogP contribution in [0.5, 0.6) is 0 Å². The summed E-state index contributed by atoms with van der Waals surface area (Å²) in [6.07, 6.45) is 1.64. The Morgan fingerprint density at radius 3 is 2.83 bits per heavy atom. The van der Waals surface area contributed by atoms with Crippen LogP contribution < -0.4 is 5.32 Å². The van der Waals surface area contributed by atoms with E-state index in [0.717, 1.165) is 12.8 Å². The van der Waals surface area contributed by atoms with E-state index in [1.165, 1.54) is 10.4 Å². The van der Waals surface area contributed by atoms with E-state index in [1.807, 2.05) is 0 Å². The average molecular weight is 397 g/mol. The van der Waals surface area contributed by atoms with E-state index in [9.17, 15) is 13.2 Å². The number of carboxylic acids is 1. The number of aliphatic carboxylic acids is 1. The molecule has 0 aromatic heterocycles. The second-order valence-corrected chi connectivity index (χ2v) is 8.15. The molecule has 1 saturated heterocycles. The molecule has 1 aromatic rings. The number of hydrogen-bond donors (Lipinski definition) is 2. The van der Waals surface area contributed by atoms with Crippen LogP contribution in [0.4, 0.5) is 0 Å². The lowest BCUT2D eigenvalue weighted by Gasteiger charge is -2.32. The highest BCUT2D eigenvalue weighted by molar-refractivity contribution is 7.89. The molecule has 1 aliphatic rings. The van der Waals surface area contributed by atoms with Gasteiger partial charge in [0.25, 0.3) is 0 Å². The summed E-state index contributed by atoms with van der Waals surface area (Å²) in [5, 5.41) is 11.9. The lowest BCUT2D eigenvalue weighted by molar-refractivity contribution is -0.136. The molecule has 0 radical (unpaired) electrons. The first-order valence-corrected chi connectivity index (χ1v) is 9.31. The van der Waals surface area contributed by atoms with Crippen LogP contribution in [0.3, 0.4) is 0 Å². The Balaban J connectivity index is 0.00000288. The predicted molar refractivity (Wildman–Crippen MR) is 95.4 cm³/mol. The second-order valence-electron chi connectivity index (χ2n) is 5.81. The Morgan fingerprint density at radius 2 is 2.17 bits per heavy atom. The van der Waals surface area contributed by atoms with Crippen LogP contribution in [-0.4, -0.2) is 50.0 Å². The summed E-state index contributed by atoms with van der Waals surface area (Å²) in [5.41, 5.74) is 0.667. The van der Waals surface area contributed by atoms with Gasteiger partial charge < -0.3 is 10.4 Å². The van der Waals surface area contributed by atoms with Crippen LogP contribution in [-0.2, 0) is 14.8 Å². The molecule has 0 bridgehead atoms. The van der Waals surface area contributed by atoms with Crippen LogP contribution in [0.15, 0.2) is 23.1 Å². The molecule has 9 heteroatoms. The number of sulfonamides is 1. The summed E-state index contributed by atoms with van der Waals surface area (Å²) in [6, 6.07) is 4.86. The van der Waals surface area contributed by atoms with Crippen molar-refractivity contribution < 1.29 is 18.3 Å². The highest BCUT2D eigenvalue weighted by Gasteiger charge is 2.31. The SMILES string of the molecule is Cc1ccc(Cl)cc1S(=O)(=O)N1CCCC(CNCC(=O)O)C1.Cl. The monoisotopic (exact) mass is 396 g/mol. The summed E-state index contributed by atoms with van der Waals surface area (Å²) in [4.78, 5) is 10.8. The lowest BCUT2D eigenvalue weighted by Crippen LogP contribution is -2.43. The van der Waals surface area contributed by atoms with Gasteiger partial charge in [0.1, 0.15) is 0 Å². The van der Waals surface area contributed by atoms with Crippen molar-refractivity contribution in [3.05, 3.63) is 28.8 Å². The van der Waals surface area contributed by atoms with E-state index < -0.39 is 16.0 Å². The van der Waals surface area contributed by atoms with Crippen molar-refractivity contribution >= 4 is 40.0 Å². The minimum atomic E-state index is -3.58. The molecule has 0 amide bonds. The van der Waals surface area contributed by atoms with Crippen LogP contribution in [0, 0.1) is 12.8 Å². The molecule has 2 rings (SSSR count). The average Bonchev–Trinajstić information content (AvgIpc) is 2.49. The van der Waals surface area contributed by atoms with Gasteiger partial charge in [-0.3, -0.25) is 4.79 Å². The molecule has 1 aliphatic heterocycles. The molecular weight excluding hydrogens is 375 g/mol. The molecule has 6 nitrogen and oxygen atoms in total. The quantitative estimate of drug-likeness (QED) is 0.768. The number of aryl methyl sites for hydroxylation is 1. The molecule has 1 aromatic carbocycles. The number of benzene rings is 1. The number of carbonyl (C=O) groups is 1. The minimum Gasteiger partial charge on any atom is -0.480 e. The Hall–Kier alpha value is -0.860. The van der Waals surface area contributed by atoms with Crippen molar-refractivity contribution in [1.29, 1.82) is 0 Å². The molecule has 0 saturated carbocycles. The number of halogens is 2. The zero-order chi connectivity index (χ0) is 17.0. The van der Waals surface area contributed by atoms with Gasteiger partial charge in [0.2, 0.25) is 10.0 Å². The topological polar surface area (TPSA) is 86.7 Å². The fourth-order valence-electron chi connectivity index (χ4n) is 2.79. The molecule has 0 aliphatic carbocycles. The zero-order valence-corrected chi connectivity index (χ0v) is 15.8. The molecule has 1 atom stereocenters. The summed E-state index contributed by atoms with van der Waals surface area (Å²) >= 11 is 5.94. The van der Waals surface area contributed by atoms with E-state index in [1.54, 1.807) is 19.1 Å². The van der Waals surface area contributed by atoms with E-state index in [0.29, 0.717) is 30.2 Å². The fraction of sp³-hybridized carbons (Fsp3) is 0.533. The van der Waals surface area contributed by atoms with Crippen molar-refractivity contribution in [3.63, 3.8) is 0 Å². The molecule has 2 N–H and O–H groups in total. The van der Waals surface area contributed by atoms with Crippen LogP contribution in [0.2, 0.25) is 5.02 Å². The minimum absolute atomic E-state index is 0. The van der Waals surface area contributed by atoms with E-state index >= 15 is 0 Å². The molecule has 24 heavy (non-hydrogen) atoms. The number of rotatable bonds is 6. The van der Waals surface area contributed by atoms with Gasteiger partial charge in [0.05, 0.1) is 11.4 Å². The highest BCUT2D eigenvalue weighted by Crippen LogP contribution is 2.27. The first-order valence-electron chi connectivity index (χ1n) is 7.49. The standard InChI is InChI=1S/C15H21ClN2O4S.ClH/c1-11-4-5-13(16)7-14(11)23(21,22)18-6-2-3-12(10-18)8-17-9-15(19)20;/h4-5,7,12,17H,2-3,6,8-10H2,1H3,(H,19,20);1H. The van der Waals surface area contributed by atoms with Gasteiger partial charge in [-0.1, -0.05) is 17.7 Å². The van der Waals surface area contributed by atoms with Gasteiger partial charge in [0, 0.05) is 18.1 Å². The van der Waals surface area contributed by atoms with Crippen molar-refractivity contribution in [2.45, 2.75) is 24.7 Å². The number of nitrogens with zero attached hydrogens (tertiary/aromatic N) is 1. The van der Waals surface area contributed by atoms with Crippen molar-refractivity contribution in [1.82, 2.24) is 9.62 Å². The first-order chi connectivity index (χ1) is 10.8. The van der Waals surface area contributed by atoms with Crippen LogP contribution in [0.1, 0.15) is 18.4 Å². The second kappa shape index (κ2) is 9.01. The van der Waals surface area contributed by atoms with Crippen molar-refractivity contribution in [2.75, 3.05) is 26.2 Å². The molecule has 0 spiro atoms. The van der Waals surface area contributed by atoms with Gasteiger partial charge in [-0.25, -0.2) is 8.42 Å².